The highest BCUT2D eigenvalue weighted by Gasteiger charge is 2.37. The van der Waals surface area contributed by atoms with Crippen molar-refractivity contribution in [1.29, 1.82) is 0 Å². The summed E-state index contributed by atoms with van der Waals surface area (Å²) in [7, 11) is 0. The van der Waals surface area contributed by atoms with Crippen LogP contribution in [0.2, 0.25) is 0 Å². The van der Waals surface area contributed by atoms with Gasteiger partial charge in [0.05, 0.1) is 18.8 Å². The zero-order valence-corrected chi connectivity index (χ0v) is 13.5. The monoisotopic (exact) mass is 354 g/mol. The highest BCUT2D eigenvalue weighted by molar-refractivity contribution is 6.32. The lowest BCUT2D eigenvalue weighted by Gasteiger charge is -2.32. The van der Waals surface area contributed by atoms with Crippen LogP contribution in [0.15, 0.2) is 0 Å². The number of carbonyl (C=O) groups is 3. The Bertz CT molecular complexity index is 405. The van der Waals surface area contributed by atoms with E-state index < -0.39 is 61.1 Å². The first-order chi connectivity index (χ1) is 11.0. The predicted octanol–water partition coefficient (Wildman–Crippen LogP) is -4.06. The number of ketones is 1. The van der Waals surface area contributed by atoms with E-state index in [4.69, 9.17) is 15.9 Å². The topological polar surface area (TPSA) is 211 Å². The summed E-state index contributed by atoms with van der Waals surface area (Å²) in [6.45, 7) is 2.79. The Morgan fingerprint density at radius 2 is 1.50 bits per heavy atom. The van der Waals surface area contributed by atoms with Crippen molar-refractivity contribution in [3.05, 3.63) is 0 Å². The van der Waals surface area contributed by atoms with Crippen LogP contribution in [0.4, 0.5) is 0 Å². The van der Waals surface area contributed by atoms with Crippen molar-refractivity contribution in [1.82, 2.24) is 5.32 Å². The van der Waals surface area contributed by atoms with Crippen LogP contribution in [0.5, 0.6) is 0 Å². The molecule has 5 atom stereocenters. The summed E-state index contributed by atoms with van der Waals surface area (Å²) in [5.74, 6) is -3.89. The maximum Gasteiger partial charge on any atom is 0.372 e. The molecule has 0 aromatic carbocycles. The van der Waals surface area contributed by atoms with Gasteiger partial charge >= 0.3 is 5.97 Å². The first-order valence-corrected chi connectivity index (χ1v) is 7.09. The molecule has 0 saturated carbocycles. The molecular formula is C13H26N2O9. The van der Waals surface area contributed by atoms with Gasteiger partial charge in [-0.2, -0.15) is 0 Å². The van der Waals surface area contributed by atoms with E-state index in [9.17, 15) is 34.8 Å². The van der Waals surface area contributed by atoms with Crippen molar-refractivity contribution in [2.45, 2.75) is 50.7 Å². The number of carbonyl (C=O) groups excluding carboxylic acids is 2. The Hall–Kier alpha value is -1.63. The van der Waals surface area contributed by atoms with E-state index in [-0.39, 0.29) is 0 Å². The molecule has 0 bridgehead atoms. The number of nitrogens with two attached hydrogens (primary N) is 1. The van der Waals surface area contributed by atoms with Gasteiger partial charge in [-0.3, -0.25) is 9.59 Å². The van der Waals surface area contributed by atoms with Gasteiger partial charge in [-0.05, 0) is 6.54 Å². The summed E-state index contributed by atoms with van der Waals surface area (Å²) in [5, 5.41) is 57.4. The molecule has 24 heavy (non-hydrogen) atoms. The molecule has 0 radical (unpaired) electrons. The van der Waals surface area contributed by atoms with Crippen LogP contribution >= 0.6 is 0 Å². The molecule has 0 aliphatic heterocycles. The lowest BCUT2D eigenvalue weighted by atomic mass is 9.94. The minimum atomic E-state index is -1.94. The molecule has 0 heterocycles. The minimum Gasteiger partial charge on any atom is -0.475 e. The molecule has 0 aromatic heterocycles. The van der Waals surface area contributed by atoms with E-state index in [0.29, 0.717) is 0 Å². The normalized spacial score (nSPS) is 16.7. The molecule has 0 unspecified atom stereocenters. The highest BCUT2D eigenvalue weighted by Crippen LogP contribution is 2.11. The van der Waals surface area contributed by atoms with Crippen molar-refractivity contribution in [2.75, 3.05) is 13.2 Å². The molecule has 9 N–H and O–H groups in total. The first-order valence-electron chi connectivity index (χ1n) is 7.09. The van der Waals surface area contributed by atoms with Crippen molar-refractivity contribution in [3.8, 4) is 0 Å². The van der Waals surface area contributed by atoms with Crippen LogP contribution in [0, 0.1) is 0 Å². The standard InChI is InChI=1S/C11H19NO9.C2H7N/c1-4(14)12-8(5(15)2-6(16)11(20)21)10(19)9(18)7(17)3-13;1-2-3/h5,7-10,13,15,17-19H,2-3H2,1H3,(H,12,14)(H,20,21);2-3H2,1H3/t5-,7+,8+,9+,10+;/m0./s1. The fourth-order valence-corrected chi connectivity index (χ4v) is 1.60. The van der Waals surface area contributed by atoms with E-state index in [1.807, 2.05) is 12.2 Å². The third-order valence-corrected chi connectivity index (χ3v) is 2.72. The summed E-state index contributed by atoms with van der Waals surface area (Å²) in [6.07, 6.45) is -8.35. The summed E-state index contributed by atoms with van der Waals surface area (Å²) < 4.78 is 0. The summed E-state index contributed by atoms with van der Waals surface area (Å²) >= 11 is 0. The number of Topliss-reactive ketones (excluding diaryl/α,β-unsaturated/α-hetero) is 1. The zero-order valence-electron chi connectivity index (χ0n) is 13.5. The third kappa shape index (κ3) is 9.50. The number of aliphatic hydroxyl groups excluding tert-OH is 5. The lowest BCUT2D eigenvalue weighted by molar-refractivity contribution is -0.151. The maximum absolute atomic E-state index is 11.0. The number of amides is 1. The largest absolute Gasteiger partial charge is 0.475 e. The lowest BCUT2D eigenvalue weighted by Crippen LogP contribution is -2.57. The Balaban J connectivity index is 0. The van der Waals surface area contributed by atoms with Crippen molar-refractivity contribution >= 4 is 17.7 Å². The van der Waals surface area contributed by atoms with Gasteiger partial charge in [0, 0.05) is 13.3 Å². The van der Waals surface area contributed by atoms with Gasteiger partial charge in [-0.25, -0.2) is 4.79 Å². The van der Waals surface area contributed by atoms with Gasteiger partial charge in [-0.1, -0.05) is 6.92 Å². The van der Waals surface area contributed by atoms with E-state index >= 15 is 0 Å². The number of hydrogen-bond acceptors (Lipinski definition) is 9. The number of carboxylic acid groups (broad SMARTS) is 1. The SMILES string of the molecule is CC(=O)N[C@@H]([C@@H](O)[C@H](O)[C@H](O)CO)[C@@H](O)CC(=O)C(=O)O.CCN. The fourth-order valence-electron chi connectivity index (χ4n) is 1.60. The van der Waals surface area contributed by atoms with E-state index in [2.05, 4.69) is 0 Å². The minimum absolute atomic E-state index is 0.730. The van der Waals surface area contributed by atoms with E-state index in [0.717, 1.165) is 13.5 Å². The van der Waals surface area contributed by atoms with Crippen LogP contribution in [0.1, 0.15) is 20.3 Å². The van der Waals surface area contributed by atoms with Crippen LogP contribution in [0.25, 0.3) is 0 Å². The molecule has 0 rings (SSSR count). The Morgan fingerprint density at radius 1 is 1.04 bits per heavy atom. The highest BCUT2D eigenvalue weighted by atomic mass is 16.4. The number of hydrogen-bond donors (Lipinski definition) is 8. The van der Waals surface area contributed by atoms with Gasteiger partial charge in [0.2, 0.25) is 11.7 Å². The van der Waals surface area contributed by atoms with Crippen molar-refractivity contribution in [3.63, 3.8) is 0 Å². The summed E-state index contributed by atoms with van der Waals surface area (Å²) in [4.78, 5) is 32.4. The second kappa shape index (κ2) is 12.8. The molecule has 0 aliphatic carbocycles. The second-order valence-corrected chi connectivity index (χ2v) is 4.87. The number of carboxylic acids is 1. The van der Waals surface area contributed by atoms with Crippen LogP contribution in [0.3, 0.4) is 0 Å². The molecule has 142 valence electrons. The average Bonchev–Trinajstić information content (AvgIpc) is 2.50. The average molecular weight is 354 g/mol. The first kappa shape index (κ1) is 24.6. The third-order valence-electron chi connectivity index (χ3n) is 2.72. The molecule has 0 aromatic rings. The molecule has 0 aliphatic rings. The number of aliphatic carboxylic acids is 1. The summed E-state index contributed by atoms with van der Waals surface area (Å²) in [5.41, 5.74) is 4.85. The predicted molar refractivity (Wildman–Crippen MR) is 80.7 cm³/mol. The molecular weight excluding hydrogens is 328 g/mol. The van der Waals surface area contributed by atoms with Crippen molar-refractivity contribution in [2.24, 2.45) is 5.73 Å². The van der Waals surface area contributed by atoms with Gasteiger partial charge in [0.15, 0.2) is 0 Å². The van der Waals surface area contributed by atoms with Crippen molar-refractivity contribution < 1.29 is 45.0 Å². The second-order valence-electron chi connectivity index (χ2n) is 4.87. The molecule has 11 nitrogen and oxygen atoms in total. The smallest absolute Gasteiger partial charge is 0.372 e. The molecule has 1 amide bonds. The Kier molecular flexibility index (Phi) is 13.1. The number of aliphatic hydroxyl groups is 5. The van der Waals surface area contributed by atoms with Crippen LogP contribution < -0.4 is 11.1 Å². The van der Waals surface area contributed by atoms with E-state index in [1.54, 1.807) is 0 Å². The van der Waals surface area contributed by atoms with Gasteiger partial charge in [0.1, 0.15) is 18.3 Å². The van der Waals surface area contributed by atoms with Gasteiger partial charge < -0.3 is 41.7 Å². The van der Waals surface area contributed by atoms with Crippen LogP contribution in [-0.4, -0.2) is 91.9 Å². The molecule has 11 heteroatoms. The molecule has 0 saturated heterocycles. The zero-order chi connectivity index (χ0) is 19.4. The van der Waals surface area contributed by atoms with Gasteiger partial charge in [0.25, 0.3) is 0 Å². The van der Waals surface area contributed by atoms with E-state index in [1.165, 1.54) is 0 Å². The van der Waals surface area contributed by atoms with Gasteiger partial charge in [-0.15, -0.1) is 0 Å². The Morgan fingerprint density at radius 3 is 1.83 bits per heavy atom. The fraction of sp³-hybridized carbons (Fsp3) is 0.769. The number of rotatable bonds is 9. The van der Waals surface area contributed by atoms with Crippen LogP contribution in [-0.2, 0) is 14.4 Å². The Labute approximate surface area is 138 Å². The molecule has 0 spiro atoms. The summed E-state index contributed by atoms with van der Waals surface area (Å²) in [6, 6.07) is -1.61. The quantitative estimate of drug-likeness (QED) is 0.188. The molecule has 0 fully saturated rings. The number of nitrogens with one attached hydrogen (secondary N) is 1. The maximum atomic E-state index is 11.0.